The number of carboxylic acid groups (broad SMARTS) is 2. The average Bonchev–Trinajstić information content (AvgIpc) is 2.97. The molecule has 0 saturated carbocycles. The van der Waals surface area contributed by atoms with E-state index in [0.717, 1.165) is 67.8 Å². The van der Waals surface area contributed by atoms with E-state index in [0.29, 0.717) is 25.2 Å². The number of aliphatic carboxylic acids is 2. The lowest BCUT2D eigenvalue weighted by atomic mass is 10.2. The van der Waals surface area contributed by atoms with Crippen molar-refractivity contribution >= 4 is 35.0 Å². The monoisotopic (exact) mass is 555 g/mol. The Hall–Kier alpha value is -4.45. The molecule has 2 heterocycles. The Morgan fingerprint density at radius 2 is 1.43 bits per heavy atom. The van der Waals surface area contributed by atoms with Crippen LogP contribution in [0.3, 0.4) is 0 Å². The van der Waals surface area contributed by atoms with Crippen LogP contribution < -0.4 is 24.6 Å². The van der Waals surface area contributed by atoms with Crippen molar-refractivity contribution in [2.24, 2.45) is 0 Å². The van der Waals surface area contributed by atoms with Gasteiger partial charge in [0.25, 0.3) is 0 Å². The maximum atomic E-state index is 12.9. The number of likely N-dealkylation sites (N-methyl/N-ethyl adjacent to an activating group) is 1. The maximum Gasteiger partial charge on any atom is 0.328 e. The number of rotatable bonds is 7. The van der Waals surface area contributed by atoms with E-state index >= 15 is 0 Å². The third kappa shape index (κ3) is 8.80. The Bertz CT molecular complexity index is 1170. The molecule has 2 aromatic rings. The molecule has 12 heteroatoms. The van der Waals surface area contributed by atoms with Crippen molar-refractivity contribution in [1.29, 1.82) is 0 Å². The maximum absolute atomic E-state index is 12.9. The van der Waals surface area contributed by atoms with Crippen LogP contribution in [0.1, 0.15) is 0 Å². The van der Waals surface area contributed by atoms with E-state index in [1.165, 1.54) is 0 Å². The predicted molar refractivity (Wildman–Crippen MR) is 153 cm³/mol. The minimum Gasteiger partial charge on any atom is -0.497 e. The number of nitrogens with zero attached hydrogens (tertiary/aromatic N) is 4. The second-order valence-electron chi connectivity index (χ2n) is 9.29. The highest BCUT2D eigenvalue weighted by Crippen LogP contribution is 2.32. The molecule has 12 nitrogen and oxygen atoms in total. The fourth-order valence-electron chi connectivity index (χ4n) is 4.38. The lowest BCUT2D eigenvalue weighted by Crippen LogP contribution is -2.50. The number of urea groups is 1. The Kier molecular flexibility index (Phi) is 11.0. The first-order chi connectivity index (χ1) is 19.2. The van der Waals surface area contributed by atoms with Gasteiger partial charge in [0.15, 0.2) is 0 Å². The van der Waals surface area contributed by atoms with Crippen molar-refractivity contribution in [3.63, 3.8) is 0 Å². The highest BCUT2D eigenvalue weighted by Gasteiger charge is 2.23. The van der Waals surface area contributed by atoms with Crippen molar-refractivity contribution in [3.05, 3.63) is 54.6 Å². The summed E-state index contributed by atoms with van der Waals surface area (Å²) in [6.45, 7) is 6.82. The van der Waals surface area contributed by atoms with Crippen molar-refractivity contribution in [1.82, 2.24) is 9.80 Å². The molecule has 2 amide bonds. The predicted octanol–water partition coefficient (Wildman–Crippen LogP) is 2.52. The zero-order valence-electron chi connectivity index (χ0n) is 23.1. The van der Waals surface area contributed by atoms with E-state index in [1.54, 1.807) is 14.2 Å². The number of carboxylic acids is 2. The van der Waals surface area contributed by atoms with E-state index in [-0.39, 0.29) is 6.03 Å². The summed E-state index contributed by atoms with van der Waals surface area (Å²) in [5.74, 6) is -0.836. The largest absolute Gasteiger partial charge is 0.497 e. The van der Waals surface area contributed by atoms with Crippen LogP contribution in [0.4, 0.5) is 21.9 Å². The van der Waals surface area contributed by atoms with E-state index < -0.39 is 11.9 Å². The number of nitrogens with one attached hydrogen (secondary N) is 1. The van der Waals surface area contributed by atoms with Crippen LogP contribution in [0.15, 0.2) is 54.6 Å². The number of piperazine rings is 2. The molecule has 0 unspecified atom stereocenters. The summed E-state index contributed by atoms with van der Waals surface area (Å²) in [5.41, 5.74) is 2.94. The smallest absolute Gasteiger partial charge is 0.328 e. The summed E-state index contributed by atoms with van der Waals surface area (Å²) in [6.07, 6.45) is 1.12. The molecule has 2 saturated heterocycles. The normalized spacial score (nSPS) is 15.7. The Labute approximate surface area is 234 Å². The van der Waals surface area contributed by atoms with Crippen LogP contribution >= 0.6 is 0 Å². The van der Waals surface area contributed by atoms with Gasteiger partial charge in [-0.3, -0.25) is 0 Å². The molecule has 2 fully saturated rings. The van der Waals surface area contributed by atoms with Gasteiger partial charge in [-0.25, -0.2) is 14.4 Å². The van der Waals surface area contributed by atoms with Crippen LogP contribution in [0.2, 0.25) is 0 Å². The summed E-state index contributed by atoms with van der Waals surface area (Å²) >= 11 is 0. The first kappa shape index (κ1) is 30.1. The molecule has 2 aliphatic rings. The van der Waals surface area contributed by atoms with Crippen LogP contribution in [0.5, 0.6) is 11.5 Å². The number of ether oxygens (including phenoxy) is 2. The first-order valence-electron chi connectivity index (χ1n) is 12.9. The molecule has 2 aromatic carbocycles. The Morgan fingerprint density at radius 1 is 0.800 bits per heavy atom. The molecule has 3 N–H and O–H groups in total. The minimum atomic E-state index is -1.26. The second-order valence-corrected chi connectivity index (χ2v) is 9.29. The molecule has 0 spiro atoms. The molecule has 0 radical (unpaired) electrons. The van der Waals surface area contributed by atoms with E-state index in [4.69, 9.17) is 19.7 Å². The number of hydrogen-bond donors (Lipinski definition) is 3. The number of anilines is 3. The van der Waals surface area contributed by atoms with Crippen LogP contribution in [0.25, 0.3) is 0 Å². The minimum absolute atomic E-state index is 0.0650. The van der Waals surface area contributed by atoms with Crippen LogP contribution in [-0.2, 0) is 9.59 Å². The van der Waals surface area contributed by atoms with Gasteiger partial charge in [0.2, 0.25) is 0 Å². The topological polar surface area (TPSA) is 135 Å². The molecule has 0 bridgehead atoms. The summed E-state index contributed by atoms with van der Waals surface area (Å²) in [7, 11) is 5.50. The molecular weight excluding hydrogens is 518 g/mol. The van der Waals surface area contributed by atoms with Gasteiger partial charge in [-0.1, -0.05) is 6.07 Å². The van der Waals surface area contributed by atoms with Crippen molar-refractivity contribution < 1.29 is 34.1 Å². The van der Waals surface area contributed by atoms with Gasteiger partial charge in [-0.2, -0.15) is 0 Å². The quantitative estimate of drug-likeness (QED) is 0.438. The van der Waals surface area contributed by atoms with Crippen molar-refractivity contribution in [2.75, 3.05) is 88.7 Å². The van der Waals surface area contributed by atoms with Crippen LogP contribution in [0, 0.1) is 0 Å². The van der Waals surface area contributed by atoms with Gasteiger partial charge in [0, 0.05) is 82.0 Å². The van der Waals surface area contributed by atoms with Gasteiger partial charge < -0.3 is 44.6 Å². The van der Waals surface area contributed by atoms with Gasteiger partial charge in [-0.15, -0.1) is 0 Å². The van der Waals surface area contributed by atoms with Gasteiger partial charge >= 0.3 is 18.0 Å². The third-order valence-electron chi connectivity index (χ3n) is 6.63. The molecule has 216 valence electrons. The standard InChI is InChI=1S/C24H33N5O3.C4H4O4/c1-26-9-11-28(12-10-26)22-17-19(7-8-23(22)32-3)25-24(30)29-15-13-27(14-16-29)20-5-4-6-21(18-20)31-2;5-3(6)1-2-4(7)8/h4-8,17-18H,9-16H2,1-3H3,(H,25,30);1-2H,(H,5,6)(H,7,8)/b;2-1+. The number of carbonyl (C=O) groups is 3. The lowest BCUT2D eigenvalue weighted by molar-refractivity contribution is -0.134. The fourth-order valence-corrected chi connectivity index (χ4v) is 4.38. The summed E-state index contributed by atoms with van der Waals surface area (Å²) in [6, 6.07) is 13.8. The first-order valence-corrected chi connectivity index (χ1v) is 12.9. The molecule has 0 aromatic heterocycles. The number of methoxy groups -OCH3 is 2. The lowest BCUT2D eigenvalue weighted by Gasteiger charge is -2.36. The molecule has 0 atom stereocenters. The summed E-state index contributed by atoms with van der Waals surface area (Å²) in [5, 5.41) is 18.7. The number of carbonyl (C=O) groups excluding carboxylic acids is 1. The molecular formula is C28H37N5O7. The van der Waals surface area contributed by atoms with Gasteiger partial charge in [-0.05, 0) is 37.4 Å². The van der Waals surface area contributed by atoms with E-state index in [2.05, 4.69) is 33.1 Å². The highest BCUT2D eigenvalue weighted by atomic mass is 16.5. The highest BCUT2D eigenvalue weighted by molar-refractivity contribution is 5.91. The van der Waals surface area contributed by atoms with Crippen LogP contribution in [-0.4, -0.2) is 112 Å². The molecule has 0 aliphatic carbocycles. The third-order valence-corrected chi connectivity index (χ3v) is 6.63. The molecule has 2 aliphatic heterocycles. The van der Waals surface area contributed by atoms with Gasteiger partial charge in [0.05, 0.1) is 19.9 Å². The van der Waals surface area contributed by atoms with Gasteiger partial charge in [0.1, 0.15) is 11.5 Å². The van der Waals surface area contributed by atoms with Crippen molar-refractivity contribution in [3.8, 4) is 11.5 Å². The molecule has 4 rings (SSSR count). The summed E-state index contributed by atoms with van der Waals surface area (Å²) < 4.78 is 10.9. The number of amides is 2. The number of hydrogen-bond acceptors (Lipinski definition) is 8. The zero-order chi connectivity index (χ0) is 29.1. The Morgan fingerprint density at radius 3 is 2.00 bits per heavy atom. The fraction of sp³-hybridized carbons (Fsp3) is 0.393. The average molecular weight is 556 g/mol. The Balaban J connectivity index is 0.000000482. The van der Waals surface area contributed by atoms with Crippen molar-refractivity contribution in [2.45, 2.75) is 0 Å². The van der Waals surface area contributed by atoms with E-state index in [9.17, 15) is 14.4 Å². The van der Waals surface area contributed by atoms with E-state index in [1.807, 2.05) is 41.3 Å². The second kappa shape index (κ2) is 14.6. The molecule has 40 heavy (non-hydrogen) atoms. The SMILES string of the molecule is COc1cccc(N2CCN(C(=O)Nc3ccc(OC)c(N4CCN(C)CC4)c3)CC2)c1.O=C(O)/C=C/C(=O)O. The number of benzene rings is 2. The zero-order valence-corrected chi connectivity index (χ0v) is 23.1. The summed E-state index contributed by atoms with van der Waals surface area (Å²) in [4.78, 5) is 40.8.